The SMILES string of the molecule is N[C@H]1CCN[C@@H](Cc2ccc(Cl)cc2)C1. The standard InChI is InChI=1S/C12H17ClN2/c13-10-3-1-9(2-4-10)7-12-8-11(14)5-6-15-12/h1-4,11-12,15H,5-8,14H2/t11-,12-/m0/s1. The third-order valence-electron chi connectivity index (χ3n) is 2.93. The molecule has 1 aromatic carbocycles. The summed E-state index contributed by atoms with van der Waals surface area (Å²) >= 11 is 5.84. The minimum Gasteiger partial charge on any atom is -0.328 e. The molecule has 0 unspecified atom stereocenters. The molecule has 2 nitrogen and oxygen atoms in total. The zero-order chi connectivity index (χ0) is 10.7. The maximum Gasteiger partial charge on any atom is 0.0406 e. The van der Waals surface area contributed by atoms with Crippen LogP contribution in [-0.2, 0) is 6.42 Å². The molecule has 0 aromatic heterocycles. The van der Waals surface area contributed by atoms with Gasteiger partial charge in [0.2, 0.25) is 0 Å². The maximum absolute atomic E-state index is 5.94. The summed E-state index contributed by atoms with van der Waals surface area (Å²) in [6.07, 6.45) is 3.21. The normalized spacial score (nSPS) is 26.5. The summed E-state index contributed by atoms with van der Waals surface area (Å²) < 4.78 is 0. The van der Waals surface area contributed by atoms with E-state index in [0.29, 0.717) is 12.1 Å². The van der Waals surface area contributed by atoms with Crippen molar-refractivity contribution in [3.8, 4) is 0 Å². The second kappa shape index (κ2) is 4.97. The predicted octanol–water partition coefficient (Wildman–Crippen LogP) is 1.96. The molecule has 2 rings (SSSR count). The molecule has 0 saturated carbocycles. The van der Waals surface area contributed by atoms with E-state index in [1.54, 1.807) is 0 Å². The summed E-state index contributed by atoms with van der Waals surface area (Å²) in [5, 5.41) is 4.30. The molecule has 0 aliphatic carbocycles. The molecule has 1 fully saturated rings. The second-order valence-electron chi connectivity index (χ2n) is 4.27. The van der Waals surface area contributed by atoms with Crippen LogP contribution in [0.4, 0.5) is 0 Å². The van der Waals surface area contributed by atoms with Gasteiger partial charge < -0.3 is 11.1 Å². The Morgan fingerprint density at radius 2 is 2.07 bits per heavy atom. The lowest BCUT2D eigenvalue weighted by atomic mass is 9.95. The lowest BCUT2D eigenvalue weighted by Crippen LogP contribution is -2.44. The molecule has 1 heterocycles. The molecule has 2 atom stereocenters. The monoisotopic (exact) mass is 224 g/mol. The molecule has 15 heavy (non-hydrogen) atoms. The lowest BCUT2D eigenvalue weighted by Gasteiger charge is -2.28. The Balaban J connectivity index is 1.93. The topological polar surface area (TPSA) is 38.0 Å². The molecule has 3 N–H and O–H groups in total. The van der Waals surface area contributed by atoms with Crippen molar-refractivity contribution in [2.45, 2.75) is 31.3 Å². The number of benzene rings is 1. The Morgan fingerprint density at radius 3 is 2.73 bits per heavy atom. The van der Waals surface area contributed by atoms with Crippen LogP contribution < -0.4 is 11.1 Å². The van der Waals surface area contributed by atoms with Gasteiger partial charge in [-0.25, -0.2) is 0 Å². The Bertz CT molecular complexity index is 310. The Labute approximate surface area is 95.8 Å². The summed E-state index contributed by atoms with van der Waals surface area (Å²) in [6.45, 7) is 1.04. The van der Waals surface area contributed by atoms with Crippen LogP contribution in [0, 0.1) is 0 Å². The summed E-state index contributed by atoms with van der Waals surface area (Å²) in [6, 6.07) is 8.95. The van der Waals surface area contributed by atoms with Gasteiger partial charge in [0.25, 0.3) is 0 Å². The quantitative estimate of drug-likeness (QED) is 0.806. The first-order chi connectivity index (χ1) is 7.24. The third kappa shape index (κ3) is 3.20. The van der Waals surface area contributed by atoms with Crippen molar-refractivity contribution in [3.63, 3.8) is 0 Å². The van der Waals surface area contributed by atoms with Crippen molar-refractivity contribution in [2.75, 3.05) is 6.54 Å². The first kappa shape index (κ1) is 10.9. The van der Waals surface area contributed by atoms with E-state index >= 15 is 0 Å². The van der Waals surface area contributed by atoms with Gasteiger partial charge in [-0.05, 0) is 43.5 Å². The molecule has 0 amide bonds. The highest BCUT2D eigenvalue weighted by molar-refractivity contribution is 6.30. The molecule has 0 bridgehead atoms. The van der Waals surface area contributed by atoms with Crippen LogP contribution in [0.5, 0.6) is 0 Å². The van der Waals surface area contributed by atoms with Gasteiger partial charge in [-0.3, -0.25) is 0 Å². The van der Waals surface area contributed by atoms with Crippen LogP contribution in [0.1, 0.15) is 18.4 Å². The molecular formula is C12H17ClN2. The van der Waals surface area contributed by atoms with Crippen LogP contribution in [-0.4, -0.2) is 18.6 Å². The largest absolute Gasteiger partial charge is 0.328 e. The van der Waals surface area contributed by atoms with Crippen molar-refractivity contribution >= 4 is 11.6 Å². The van der Waals surface area contributed by atoms with Crippen molar-refractivity contribution in [1.29, 1.82) is 0 Å². The van der Waals surface area contributed by atoms with Crippen LogP contribution >= 0.6 is 11.6 Å². The van der Waals surface area contributed by atoms with E-state index in [4.69, 9.17) is 17.3 Å². The van der Waals surface area contributed by atoms with E-state index in [1.807, 2.05) is 12.1 Å². The van der Waals surface area contributed by atoms with Gasteiger partial charge in [0, 0.05) is 17.1 Å². The highest BCUT2D eigenvalue weighted by atomic mass is 35.5. The van der Waals surface area contributed by atoms with E-state index in [9.17, 15) is 0 Å². The zero-order valence-electron chi connectivity index (χ0n) is 8.75. The van der Waals surface area contributed by atoms with Crippen molar-refractivity contribution in [2.24, 2.45) is 5.73 Å². The molecule has 1 aliphatic rings. The number of nitrogens with two attached hydrogens (primary N) is 1. The van der Waals surface area contributed by atoms with Gasteiger partial charge in [0.15, 0.2) is 0 Å². The number of rotatable bonds is 2. The first-order valence-corrected chi connectivity index (χ1v) is 5.85. The van der Waals surface area contributed by atoms with Gasteiger partial charge in [0.1, 0.15) is 0 Å². The van der Waals surface area contributed by atoms with E-state index < -0.39 is 0 Å². The maximum atomic E-state index is 5.94. The fraction of sp³-hybridized carbons (Fsp3) is 0.500. The molecule has 0 radical (unpaired) electrons. The molecule has 1 aromatic rings. The fourth-order valence-corrected chi connectivity index (χ4v) is 2.23. The van der Waals surface area contributed by atoms with Gasteiger partial charge >= 0.3 is 0 Å². The Hall–Kier alpha value is -0.570. The Morgan fingerprint density at radius 1 is 1.33 bits per heavy atom. The van der Waals surface area contributed by atoms with E-state index in [2.05, 4.69) is 17.4 Å². The highest BCUT2D eigenvalue weighted by Gasteiger charge is 2.18. The number of hydrogen-bond donors (Lipinski definition) is 2. The third-order valence-corrected chi connectivity index (χ3v) is 3.18. The summed E-state index contributed by atoms with van der Waals surface area (Å²) in [5.74, 6) is 0. The van der Waals surface area contributed by atoms with Crippen LogP contribution in [0.2, 0.25) is 5.02 Å². The summed E-state index contributed by atoms with van der Waals surface area (Å²) in [7, 11) is 0. The lowest BCUT2D eigenvalue weighted by molar-refractivity contribution is 0.360. The van der Waals surface area contributed by atoms with E-state index in [0.717, 1.165) is 30.8 Å². The molecule has 1 saturated heterocycles. The summed E-state index contributed by atoms with van der Waals surface area (Å²) in [4.78, 5) is 0. The minimum absolute atomic E-state index is 0.364. The smallest absolute Gasteiger partial charge is 0.0406 e. The number of halogens is 1. The molecule has 82 valence electrons. The van der Waals surface area contributed by atoms with E-state index in [-0.39, 0.29) is 0 Å². The number of piperidine rings is 1. The highest BCUT2D eigenvalue weighted by Crippen LogP contribution is 2.14. The van der Waals surface area contributed by atoms with Gasteiger partial charge in [-0.1, -0.05) is 23.7 Å². The number of nitrogens with one attached hydrogen (secondary N) is 1. The summed E-state index contributed by atoms with van der Waals surface area (Å²) in [5.41, 5.74) is 7.27. The molecule has 3 heteroatoms. The van der Waals surface area contributed by atoms with Gasteiger partial charge in [-0.15, -0.1) is 0 Å². The Kier molecular flexibility index (Phi) is 3.62. The van der Waals surface area contributed by atoms with Crippen LogP contribution in [0.25, 0.3) is 0 Å². The van der Waals surface area contributed by atoms with Crippen molar-refractivity contribution in [1.82, 2.24) is 5.32 Å². The first-order valence-electron chi connectivity index (χ1n) is 5.47. The average Bonchev–Trinajstić information content (AvgIpc) is 2.22. The van der Waals surface area contributed by atoms with Gasteiger partial charge in [-0.2, -0.15) is 0 Å². The fourth-order valence-electron chi connectivity index (χ4n) is 2.10. The van der Waals surface area contributed by atoms with Crippen molar-refractivity contribution < 1.29 is 0 Å². The number of hydrogen-bond acceptors (Lipinski definition) is 2. The van der Waals surface area contributed by atoms with Gasteiger partial charge in [0.05, 0.1) is 0 Å². The molecule has 0 spiro atoms. The molecule has 1 aliphatic heterocycles. The van der Waals surface area contributed by atoms with Crippen molar-refractivity contribution in [3.05, 3.63) is 34.9 Å². The molecular weight excluding hydrogens is 208 g/mol. The van der Waals surface area contributed by atoms with E-state index in [1.165, 1.54) is 5.56 Å². The average molecular weight is 225 g/mol. The minimum atomic E-state index is 0.364. The van der Waals surface area contributed by atoms with Crippen LogP contribution in [0.15, 0.2) is 24.3 Å². The zero-order valence-corrected chi connectivity index (χ0v) is 9.50. The second-order valence-corrected chi connectivity index (χ2v) is 4.70. The predicted molar refractivity (Wildman–Crippen MR) is 64.2 cm³/mol. The van der Waals surface area contributed by atoms with Crippen LogP contribution in [0.3, 0.4) is 0 Å².